The predicted molar refractivity (Wildman–Crippen MR) is 85.2 cm³/mol. The zero-order chi connectivity index (χ0) is 14.6. The van der Waals surface area contributed by atoms with Crippen LogP contribution in [-0.4, -0.2) is 48.3 Å². The van der Waals surface area contributed by atoms with Gasteiger partial charge < -0.3 is 10.1 Å². The highest BCUT2D eigenvalue weighted by molar-refractivity contribution is 5.00. The molecule has 0 aromatic heterocycles. The van der Waals surface area contributed by atoms with Crippen LogP contribution >= 0.6 is 0 Å². The Labute approximate surface area is 125 Å². The zero-order valence-electron chi connectivity index (χ0n) is 14.0. The summed E-state index contributed by atoms with van der Waals surface area (Å²) < 4.78 is 5.95. The first kappa shape index (κ1) is 16.3. The molecular weight excluding hydrogens is 248 g/mol. The lowest BCUT2D eigenvalue weighted by atomic mass is 9.91. The molecule has 3 nitrogen and oxygen atoms in total. The first-order valence-electron chi connectivity index (χ1n) is 8.57. The van der Waals surface area contributed by atoms with Gasteiger partial charge in [-0.15, -0.1) is 0 Å². The highest BCUT2D eigenvalue weighted by Gasteiger charge is 2.40. The summed E-state index contributed by atoms with van der Waals surface area (Å²) in [6.45, 7) is 13.1. The van der Waals surface area contributed by atoms with E-state index in [1.165, 1.54) is 51.6 Å². The van der Waals surface area contributed by atoms with Crippen molar-refractivity contribution in [1.82, 2.24) is 10.2 Å². The third kappa shape index (κ3) is 4.44. The molecule has 2 fully saturated rings. The van der Waals surface area contributed by atoms with E-state index in [1.807, 2.05) is 0 Å². The van der Waals surface area contributed by atoms with Crippen LogP contribution in [0.1, 0.15) is 66.2 Å². The Hall–Kier alpha value is -0.120. The van der Waals surface area contributed by atoms with Gasteiger partial charge in [0.1, 0.15) is 0 Å². The van der Waals surface area contributed by atoms with Gasteiger partial charge in [0.05, 0.1) is 12.2 Å². The first-order valence-corrected chi connectivity index (χ1v) is 8.57. The number of hydrogen-bond acceptors (Lipinski definition) is 3. The third-order valence-corrected chi connectivity index (χ3v) is 4.83. The van der Waals surface area contributed by atoms with Crippen LogP contribution in [-0.2, 0) is 4.74 Å². The van der Waals surface area contributed by atoms with Gasteiger partial charge >= 0.3 is 0 Å². The van der Waals surface area contributed by atoms with E-state index in [4.69, 9.17) is 4.74 Å². The summed E-state index contributed by atoms with van der Waals surface area (Å²) in [4.78, 5) is 2.71. The maximum Gasteiger partial charge on any atom is 0.0600 e. The fraction of sp³-hybridized carbons (Fsp3) is 1.00. The van der Waals surface area contributed by atoms with Crippen molar-refractivity contribution >= 4 is 0 Å². The lowest BCUT2D eigenvalue weighted by molar-refractivity contribution is -0.0282. The fourth-order valence-electron chi connectivity index (χ4n) is 3.77. The van der Waals surface area contributed by atoms with Crippen molar-refractivity contribution < 1.29 is 4.74 Å². The molecule has 0 aromatic carbocycles. The van der Waals surface area contributed by atoms with Crippen molar-refractivity contribution in [3.63, 3.8) is 0 Å². The Balaban J connectivity index is 1.89. The van der Waals surface area contributed by atoms with E-state index >= 15 is 0 Å². The molecule has 1 heterocycles. The molecule has 1 aliphatic heterocycles. The minimum Gasteiger partial charge on any atom is -0.375 e. The van der Waals surface area contributed by atoms with Crippen LogP contribution in [0.2, 0.25) is 0 Å². The molecule has 2 rings (SSSR count). The van der Waals surface area contributed by atoms with E-state index in [0.29, 0.717) is 11.6 Å². The van der Waals surface area contributed by atoms with E-state index in [9.17, 15) is 0 Å². The largest absolute Gasteiger partial charge is 0.375 e. The average Bonchev–Trinajstić information content (AvgIpc) is 2.80. The van der Waals surface area contributed by atoms with Gasteiger partial charge in [0.15, 0.2) is 0 Å². The summed E-state index contributed by atoms with van der Waals surface area (Å²) in [5.41, 5.74) is 0.408. The Bertz CT molecular complexity index is 292. The van der Waals surface area contributed by atoms with Gasteiger partial charge in [0, 0.05) is 31.2 Å². The maximum atomic E-state index is 5.95. The summed E-state index contributed by atoms with van der Waals surface area (Å²) in [5, 5.41) is 3.88. The van der Waals surface area contributed by atoms with Crippen molar-refractivity contribution in [1.29, 1.82) is 0 Å². The molecule has 1 saturated heterocycles. The standard InChI is InChI=1S/C17H34N2O/c1-5-8-15-13-18-17(9-6-7-10-17)14-19(15)11-12-20-16(2,3)4/h15,18H,5-14H2,1-4H3. The van der Waals surface area contributed by atoms with E-state index in [-0.39, 0.29) is 5.60 Å². The van der Waals surface area contributed by atoms with Crippen LogP contribution in [0.3, 0.4) is 0 Å². The summed E-state index contributed by atoms with van der Waals surface area (Å²) in [6, 6.07) is 0.704. The van der Waals surface area contributed by atoms with Crippen LogP contribution in [0.5, 0.6) is 0 Å². The summed E-state index contributed by atoms with van der Waals surface area (Å²) in [5.74, 6) is 0. The normalized spacial score (nSPS) is 27.3. The second-order valence-corrected chi connectivity index (χ2v) is 7.74. The van der Waals surface area contributed by atoms with Crippen LogP contribution in [0.25, 0.3) is 0 Å². The number of nitrogens with zero attached hydrogens (tertiary/aromatic N) is 1. The lowest BCUT2D eigenvalue weighted by Crippen LogP contribution is -2.63. The molecule has 1 N–H and O–H groups in total. The van der Waals surface area contributed by atoms with Gasteiger partial charge in [0.2, 0.25) is 0 Å². The lowest BCUT2D eigenvalue weighted by Gasteiger charge is -2.46. The SMILES string of the molecule is CCCC1CNC2(CCCC2)CN1CCOC(C)(C)C. The van der Waals surface area contributed by atoms with Gasteiger partial charge in [-0.2, -0.15) is 0 Å². The minimum absolute atomic E-state index is 0.0145. The number of piperazine rings is 1. The first-order chi connectivity index (χ1) is 9.44. The molecule has 118 valence electrons. The minimum atomic E-state index is -0.0145. The molecule has 20 heavy (non-hydrogen) atoms. The van der Waals surface area contributed by atoms with E-state index in [0.717, 1.165) is 13.2 Å². The Kier molecular flexibility index (Phi) is 5.49. The molecule has 0 bridgehead atoms. The average molecular weight is 282 g/mol. The monoisotopic (exact) mass is 282 g/mol. The van der Waals surface area contributed by atoms with Gasteiger partial charge in [-0.25, -0.2) is 0 Å². The topological polar surface area (TPSA) is 24.5 Å². The molecule has 1 unspecified atom stereocenters. The molecule has 0 amide bonds. The van der Waals surface area contributed by atoms with Crippen molar-refractivity contribution in [2.45, 2.75) is 83.4 Å². The third-order valence-electron chi connectivity index (χ3n) is 4.83. The van der Waals surface area contributed by atoms with Crippen molar-refractivity contribution in [3.8, 4) is 0 Å². The number of ether oxygens (including phenoxy) is 1. The van der Waals surface area contributed by atoms with Crippen LogP contribution in [0, 0.1) is 0 Å². The molecule has 1 atom stereocenters. The van der Waals surface area contributed by atoms with Crippen molar-refractivity contribution in [2.75, 3.05) is 26.2 Å². The van der Waals surface area contributed by atoms with Gasteiger partial charge in [-0.1, -0.05) is 26.2 Å². The molecule has 1 aliphatic carbocycles. The predicted octanol–water partition coefficient (Wildman–Crippen LogP) is 3.19. The zero-order valence-corrected chi connectivity index (χ0v) is 14.0. The summed E-state index contributed by atoms with van der Waals surface area (Å²) in [7, 11) is 0. The fourth-order valence-corrected chi connectivity index (χ4v) is 3.77. The smallest absolute Gasteiger partial charge is 0.0600 e. The second-order valence-electron chi connectivity index (χ2n) is 7.74. The maximum absolute atomic E-state index is 5.95. The quantitative estimate of drug-likeness (QED) is 0.838. The molecule has 1 spiro atoms. The highest BCUT2D eigenvalue weighted by Crippen LogP contribution is 2.33. The van der Waals surface area contributed by atoms with Gasteiger partial charge in [0.25, 0.3) is 0 Å². The Morgan fingerprint density at radius 3 is 2.55 bits per heavy atom. The number of hydrogen-bond donors (Lipinski definition) is 1. The molecule has 0 aromatic rings. The molecular formula is C17H34N2O. The second kappa shape index (κ2) is 6.76. The number of rotatable bonds is 5. The van der Waals surface area contributed by atoms with E-state index < -0.39 is 0 Å². The van der Waals surface area contributed by atoms with Crippen LogP contribution in [0.4, 0.5) is 0 Å². The molecule has 1 saturated carbocycles. The molecule has 0 radical (unpaired) electrons. The van der Waals surface area contributed by atoms with Crippen LogP contribution < -0.4 is 5.32 Å². The Morgan fingerprint density at radius 2 is 1.95 bits per heavy atom. The van der Waals surface area contributed by atoms with Crippen molar-refractivity contribution in [2.24, 2.45) is 0 Å². The molecule has 3 heteroatoms. The summed E-state index contributed by atoms with van der Waals surface area (Å²) in [6.07, 6.45) is 8.11. The van der Waals surface area contributed by atoms with Crippen LogP contribution in [0.15, 0.2) is 0 Å². The molecule has 2 aliphatic rings. The highest BCUT2D eigenvalue weighted by atomic mass is 16.5. The van der Waals surface area contributed by atoms with E-state index in [2.05, 4.69) is 37.9 Å². The Morgan fingerprint density at radius 1 is 1.25 bits per heavy atom. The van der Waals surface area contributed by atoms with Gasteiger partial charge in [-0.3, -0.25) is 4.90 Å². The number of nitrogens with one attached hydrogen (secondary N) is 1. The van der Waals surface area contributed by atoms with Crippen molar-refractivity contribution in [3.05, 3.63) is 0 Å². The summed E-state index contributed by atoms with van der Waals surface area (Å²) >= 11 is 0. The van der Waals surface area contributed by atoms with Gasteiger partial charge in [-0.05, 0) is 40.0 Å². The van der Waals surface area contributed by atoms with E-state index in [1.54, 1.807) is 0 Å².